The van der Waals surface area contributed by atoms with Crippen molar-refractivity contribution in [3.8, 4) is 17.1 Å². The Morgan fingerprint density at radius 1 is 1.00 bits per heavy atom. The first-order valence-electron chi connectivity index (χ1n) is 10.6. The Morgan fingerprint density at radius 3 is 2.50 bits per heavy atom. The monoisotopic (exact) mass is 421 g/mol. The summed E-state index contributed by atoms with van der Waals surface area (Å²) in [5.74, 6) is 1.11. The number of benzene rings is 1. The molecule has 0 unspecified atom stereocenters. The normalized spacial score (nSPS) is 15.3. The number of carbonyl (C=O) groups is 1. The Balaban J connectivity index is 1.48. The van der Waals surface area contributed by atoms with Gasteiger partial charge in [0.15, 0.2) is 11.0 Å². The van der Waals surface area contributed by atoms with E-state index in [0.29, 0.717) is 17.0 Å². The van der Waals surface area contributed by atoms with E-state index < -0.39 is 0 Å². The van der Waals surface area contributed by atoms with Gasteiger partial charge in [-0.15, -0.1) is 10.2 Å². The fourth-order valence-electron chi connectivity index (χ4n) is 3.86. The second-order valence-electron chi connectivity index (χ2n) is 7.62. The summed E-state index contributed by atoms with van der Waals surface area (Å²) in [5, 5.41) is 12.7. The van der Waals surface area contributed by atoms with Crippen molar-refractivity contribution >= 4 is 17.7 Å². The van der Waals surface area contributed by atoms with Crippen molar-refractivity contribution in [1.82, 2.24) is 25.1 Å². The van der Waals surface area contributed by atoms with Crippen molar-refractivity contribution in [3.63, 3.8) is 0 Å². The minimum absolute atomic E-state index is 0.0658. The SMILES string of the molecule is O=C(CSc1nnc(-c2cccnc2)n1-c1ccccc1)NC1CCCCCCC1. The van der Waals surface area contributed by atoms with Gasteiger partial charge in [-0.3, -0.25) is 14.3 Å². The molecular weight excluding hydrogens is 394 g/mol. The first kappa shape index (κ1) is 20.6. The molecule has 2 heterocycles. The van der Waals surface area contributed by atoms with Gasteiger partial charge in [0.25, 0.3) is 0 Å². The Kier molecular flexibility index (Phi) is 7.13. The predicted molar refractivity (Wildman–Crippen MR) is 120 cm³/mol. The molecule has 1 amide bonds. The van der Waals surface area contributed by atoms with Gasteiger partial charge in [-0.25, -0.2) is 0 Å². The maximum absolute atomic E-state index is 12.6. The van der Waals surface area contributed by atoms with Crippen LogP contribution in [0.3, 0.4) is 0 Å². The fourth-order valence-corrected chi connectivity index (χ4v) is 4.62. The molecule has 0 radical (unpaired) electrons. The highest BCUT2D eigenvalue weighted by Crippen LogP contribution is 2.27. The maximum Gasteiger partial charge on any atom is 0.230 e. The summed E-state index contributed by atoms with van der Waals surface area (Å²) in [5.41, 5.74) is 1.85. The third-order valence-corrected chi connectivity index (χ3v) is 6.30. The van der Waals surface area contributed by atoms with Crippen LogP contribution in [0.2, 0.25) is 0 Å². The van der Waals surface area contributed by atoms with E-state index in [-0.39, 0.29) is 5.91 Å². The quantitative estimate of drug-likeness (QED) is 0.587. The Hall–Kier alpha value is -2.67. The van der Waals surface area contributed by atoms with Gasteiger partial charge in [0.1, 0.15) is 0 Å². The Bertz CT molecular complexity index is 937. The van der Waals surface area contributed by atoms with Gasteiger partial charge in [-0.2, -0.15) is 0 Å². The number of rotatable bonds is 6. The molecule has 1 fully saturated rings. The van der Waals surface area contributed by atoms with Crippen LogP contribution in [-0.2, 0) is 4.79 Å². The molecule has 7 heteroatoms. The third kappa shape index (κ3) is 5.27. The largest absolute Gasteiger partial charge is 0.353 e. The molecule has 1 aromatic carbocycles. The smallest absolute Gasteiger partial charge is 0.230 e. The lowest BCUT2D eigenvalue weighted by molar-refractivity contribution is -0.119. The number of pyridine rings is 1. The molecule has 1 aliphatic carbocycles. The number of hydrogen-bond acceptors (Lipinski definition) is 5. The number of aromatic nitrogens is 4. The summed E-state index contributed by atoms with van der Waals surface area (Å²) in [6.07, 6.45) is 12.0. The van der Waals surface area contributed by atoms with Crippen molar-refractivity contribution in [2.24, 2.45) is 0 Å². The number of para-hydroxylation sites is 1. The van der Waals surface area contributed by atoms with E-state index >= 15 is 0 Å². The summed E-state index contributed by atoms with van der Waals surface area (Å²) in [6.45, 7) is 0. The molecule has 1 aliphatic rings. The standard InChI is InChI=1S/C23H27N5OS/c29-21(25-19-11-5-2-1-3-6-12-19)17-30-23-27-26-22(18-10-9-15-24-16-18)28(23)20-13-7-4-8-14-20/h4,7-10,13-16,19H,1-3,5-6,11-12,17H2,(H,25,29). The summed E-state index contributed by atoms with van der Waals surface area (Å²) >= 11 is 1.42. The Labute approximate surface area is 181 Å². The van der Waals surface area contributed by atoms with E-state index in [4.69, 9.17) is 0 Å². The average molecular weight is 422 g/mol. The topological polar surface area (TPSA) is 72.7 Å². The lowest BCUT2D eigenvalue weighted by Gasteiger charge is -2.20. The first-order valence-corrected chi connectivity index (χ1v) is 11.6. The molecule has 1 N–H and O–H groups in total. The number of amides is 1. The van der Waals surface area contributed by atoms with Gasteiger partial charge < -0.3 is 5.32 Å². The van der Waals surface area contributed by atoms with E-state index in [9.17, 15) is 4.79 Å². The van der Waals surface area contributed by atoms with Gasteiger partial charge in [-0.1, -0.05) is 62.1 Å². The van der Waals surface area contributed by atoms with Crippen LogP contribution in [0.5, 0.6) is 0 Å². The predicted octanol–water partition coefficient (Wildman–Crippen LogP) is 4.65. The molecule has 0 bridgehead atoms. The van der Waals surface area contributed by atoms with Gasteiger partial charge >= 0.3 is 0 Å². The molecule has 30 heavy (non-hydrogen) atoms. The first-order chi connectivity index (χ1) is 14.8. The zero-order valence-electron chi connectivity index (χ0n) is 17.0. The van der Waals surface area contributed by atoms with E-state index in [1.165, 1.54) is 43.9 Å². The van der Waals surface area contributed by atoms with Crippen molar-refractivity contribution in [1.29, 1.82) is 0 Å². The lowest BCUT2D eigenvalue weighted by Crippen LogP contribution is -2.36. The van der Waals surface area contributed by atoms with Crippen molar-refractivity contribution in [2.45, 2.75) is 56.1 Å². The number of nitrogens with zero attached hydrogens (tertiary/aromatic N) is 4. The zero-order chi connectivity index (χ0) is 20.6. The summed E-state index contributed by atoms with van der Waals surface area (Å²) < 4.78 is 1.99. The van der Waals surface area contributed by atoms with E-state index in [1.807, 2.05) is 47.0 Å². The fraction of sp³-hybridized carbons (Fsp3) is 0.391. The van der Waals surface area contributed by atoms with Gasteiger partial charge in [0, 0.05) is 29.7 Å². The lowest BCUT2D eigenvalue weighted by atomic mass is 9.97. The number of thioether (sulfide) groups is 1. The van der Waals surface area contributed by atoms with Crippen LogP contribution in [-0.4, -0.2) is 37.5 Å². The molecule has 4 rings (SSSR count). The molecule has 156 valence electrons. The van der Waals surface area contributed by atoms with E-state index in [1.54, 1.807) is 12.4 Å². The van der Waals surface area contributed by atoms with Gasteiger partial charge in [-0.05, 0) is 37.1 Å². The molecule has 0 atom stereocenters. The molecule has 6 nitrogen and oxygen atoms in total. The summed E-state index contributed by atoms with van der Waals surface area (Å²) in [4.78, 5) is 16.8. The van der Waals surface area contributed by atoms with Crippen molar-refractivity contribution in [2.75, 3.05) is 5.75 Å². The molecule has 2 aromatic heterocycles. The molecule has 0 aliphatic heterocycles. The van der Waals surface area contributed by atoms with Crippen LogP contribution in [0.4, 0.5) is 0 Å². The molecular formula is C23H27N5OS. The minimum Gasteiger partial charge on any atom is -0.353 e. The highest BCUT2D eigenvalue weighted by Gasteiger charge is 2.19. The number of hydrogen-bond donors (Lipinski definition) is 1. The molecule has 3 aromatic rings. The summed E-state index contributed by atoms with van der Waals surface area (Å²) in [7, 11) is 0. The van der Waals surface area contributed by atoms with E-state index in [2.05, 4.69) is 20.5 Å². The van der Waals surface area contributed by atoms with Gasteiger partial charge in [0.05, 0.1) is 5.75 Å². The number of nitrogens with one attached hydrogen (secondary N) is 1. The van der Waals surface area contributed by atoms with Crippen LogP contribution < -0.4 is 5.32 Å². The zero-order valence-corrected chi connectivity index (χ0v) is 17.9. The molecule has 0 saturated heterocycles. The van der Waals surface area contributed by atoms with Crippen LogP contribution in [0, 0.1) is 0 Å². The molecule has 1 saturated carbocycles. The Morgan fingerprint density at radius 2 is 1.77 bits per heavy atom. The second kappa shape index (κ2) is 10.4. The van der Waals surface area contributed by atoms with Crippen molar-refractivity contribution in [3.05, 3.63) is 54.9 Å². The van der Waals surface area contributed by atoms with Crippen LogP contribution in [0.1, 0.15) is 44.9 Å². The van der Waals surface area contributed by atoms with Gasteiger partial charge in [0.2, 0.25) is 5.91 Å². The van der Waals surface area contributed by atoms with Crippen LogP contribution in [0.25, 0.3) is 17.1 Å². The maximum atomic E-state index is 12.6. The average Bonchev–Trinajstić information content (AvgIpc) is 3.19. The third-order valence-electron chi connectivity index (χ3n) is 5.37. The van der Waals surface area contributed by atoms with Crippen LogP contribution in [0.15, 0.2) is 60.0 Å². The van der Waals surface area contributed by atoms with E-state index in [0.717, 1.165) is 29.9 Å². The molecule has 0 spiro atoms. The second-order valence-corrected chi connectivity index (χ2v) is 8.56. The van der Waals surface area contributed by atoms with Crippen molar-refractivity contribution < 1.29 is 4.79 Å². The highest BCUT2D eigenvalue weighted by molar-refractivity contribution is 7.99. The van der Waals surface area contributed by atoms with Crippen LogP contribution >= 0.6 is 11.8 Å². The highest BCUT2D eigenvalue weighted by atomic mass is 32.2. The minimum atomic E-state index is 0.0658. The number of carbonyl (C=O) groups excluding carboxylic acids is 1. The summed E-state index contributed by atoms with van der Waals surface area (Å²) in [6, 6.07) is 14.1.